The molecule has 13 heteroatoms. The Kier molecular flexibility index (Phi) is 6.27. The number of nitrogens with zero attached hydrogens (tertiary/aromatic N) is 8. The quantitative estimate of drug-likeness (QED) is 0.202. The lowest BCUT2D eigenvalue weighted by Gasteiger charge is -2.24. The summed E-state index contributed by atoms with van der Waals surface area (Å²) in [6.07, 6.45) is 3.61. The number of ether oxygens (including phenoxy) is 1. The molecule has 43 heavy (non-hydrogen) atoms. The van der Waals surface area contributed by atoms with Crippen molar-refractivity contribution in [3.8, 4) is 28.5 Å². The molecule has 1 N–H and O–H groups in total. The Hall–Kier alpha value is -5.04. The first kappa shape index (κ1) is 26.8. The van der Waals surface area contributed by atoms with E-state index in [1.165, 1.54) is 6.07 Å². The maximum Gasteiger partial charge on any atom is 0.294 e. The molecule has 1 saturated carbocycles. The zero-order chi connectivity index (χ0) is 30.0. The van der Waals surface area contributed by atoms with Crippen molar-refractivity contribution in [2.45, 2.75) is 13.0 Å². The van der Waals surface area contributed by atoms with Crippen LogP contribution in [0.3, 0.4) is 0 Å². The van der Waals surface area contributed by atoms with Crippen LogP contribution in [0.25, 0.3) is 33.6 Å². The van der Waals surface area contributed by atoms with E-state index in [9.17, 15) is 10.1 Å². The molecule has 2 fully saturated rings. The van der Waals surface area contributed by atoms with Gasteiger partial charge in [-0.15, -0.1) is 10.2 Å². The maximum atomic E-state index is 12.3. The molecule has 1 aliphatic carbocycles. The highest BCUT2D eigenvalue weighted by molar-refractivity contribution is 5.98. The highest BCUT2D eigenvalue weighted by Gasteiger charge is 2.57. The van der Waals surface area contributed by atoms with Crippen molar-refractivity contribution >= 4 is 33.9 Å². The predicted octanol–water partition coefficient (Wildman–Crippen LogP) is 4.65. The first-order valence-electron chi connectivity index (χ1n) is 14.0. The van der Waals surface area contributed by atoms with Crippen LogP contribution in [-0.4, -0.2) is 74.9 Å². The molecule has 7 rings (SSSR count). The molecule has 2 aliphatic rings. The third-order valence-corrected chi connectivity index (χ3v) is 8.60. The Bertz CT molecular complexity index is 1870. The van der Waals surface area contributed by atoms with Crippen LogP contribution in [0, 0.1) is 28.9 Å². The molecule has 4 heterocycles. The Morgan fingerprint density at radius 2 is 1.91 bits per heavy atom. The second-order valence-corrected chi connectivity index (χ2v) is 11.3. The van der Waals surface area contributed by atoms with Crippen molar-refractivity contribution in [1.29, 1.82) is 0 Å². The molecular formula is C30H31N9O4. The second kappa shape index (κ2) is 10.1. The van der Waals surface area contributed by atoms with Crippen molar-refractivity contribution in [3.05, 3.63) is 64.8 Å². The molecule has 1 aliphatic heterocycles. The normalized spacial score (nSPS) is 19.4. The number of aryl methyl sites for hydroxylation is 2. The van der Waals surface area contributed by atoms with Crippen molar-refractivity contribution in [1.82, 2.24) is 29.6 Å². The van der Waals surface area contributed by atoms with Crippen LogP contribution in [0.4, 0.5) is 23.0 Å². The van der Waals surface area contributed by atoms with Gasteiger partial charge in [-0.3, -0.25) is 10.1 Å². The number of nitrogens with one attached hydrogen (secondary N) is 1. The zero-order valence-electron chi connectivity index (χ0n) is 24.5. The molecule has 2 aromatic carbocycles. The number of hydrogen-bond donors (Lipinski definition) is 1. The minimum absolute atomic E-state index is 0.0173. The fraction of sp³-hybridized carbons (Fsp3) is 0.333. The van der Waals surface area contributed by atoms with Crippen LogP contribution < -0.4 is 15.0 Å². The number of rotatable bonds is 8. The number of nitro benzene ring substituents is 1. The van der Waals surface area contributed by atoms with Crippen molar-refractivity contribution < 1.29 is 14.1 Å². The van der Waals surface area contributed by atoms with Gasteiger partial charge in [-0.05, 0) is 24.9 Å². The molecular weight excluding hydrogens is 550 g/mol. The predicted molar refractivity (Wildman–Crippen MR) is 162 cm³/mol. The average Bonchev–Trinajstić information content (AvgIpc) is 3.31. The van der Waals surface area contributed by atoms with Crippen LogP contribution in [-0.2, 0) is 7.05 Å². The van der Waals surface area contributed by atoms with E-state index in [4.69, 9.17) is 14.1 Å². The third kappa shape index (κ3) is 4.52. The van der Waals surface area contributed by atoms with Gasteiger partial charge in [0.15, 0.2) is 0 Å². The summed E-state index contributed by atoms with van der Waals surface area (Å²) >= 11 is 0. The van der Waals surface area contributed by atoms with Gasteiger partial charge in [0.2, 0.25) is 11.8 Å². The molecule has 1 saturated heterocycles. The minimum atomic E-state index is -0.357. The lowest BCUT2D eigenvalue weighted by Crippen LogP contribution is -2.31. The summed E-state index contributed by atoms with van der Waals surface area (Å²) in [5, 5.41) is 24.6. The van der Waals surface area contributed by atoms with E-state index in [1.807, 2.05) is 54.0 Å². The Morgan fingerprint density at radius 3 is 2.60 bits per heavy atom. The summed E-state index contributed by atoms with van der Waals surface area (Å²) in [4.78, 5) is 25.7. The van der Waals surface area contributed by atoms with Crippen LogP contribution >= 0.6 is 0 Å². The van der Waals surface area contributed by atoms with E-state index in [0.717, 1.165) is 29.6 Å². The standard InChI is InChI=1S/C30H31N9O4/c1-16-34-35-29(43-16)18-12-31-30(33-27(18)19-15-37(3)23-9-7-6-8-17(19)23)32-22-10-25(39(40)41)24(11-26(22)42-5)38(4)28-20-13-36(2)14-21(20)28/h6-12,15,20-21,28H,13-14H2,1-5H3,(H,31,32,33)/t20-,21?,28?/m0/s1. The van der Waals surface area contributed by atoms with Gasteiger partial charge in [-0.25, -0.2) is 9.97 Å². The van der Waals surface area contributed by atoms with E-state index >= 15 is 0 Å². The second-order valence-electron chi connectivity index (χ2n) is 11.3. The molecule has 0 spiro atoms. The third-order valence-electron chi connectivity index (χ3n) is 8.60. The van der Waals surface area contributed by atoms with E-state index in [-0.39, 0.29) is 22.6 Å². The molecule has 0 bridgehead atoms. The van der Waals surface area contributed by atoms with Crippen molar-refractivity contribution in [3.63, 3.8) is 0 Å². The largest absolute Gasteiger partial charge is 0.494 e. The molecule has 3 atom stereocenters. The van der Waals surface area contributed by atoms with Crippen LogP contribution in [0.2, 0.25) is 0 Å². The number of likely N-dealkylation sites (tertiary alicyclic amines) is 1. The zero-order valence-corrected chi connectivity index (χ0v) is 24.5. The smallest absolute Gasteiger partial charge is 0.294 e. The number of para-hydroxylation sites is 1. The summed E-state index contributed by atoms with van der Waals surface area (Å²) in [5.41, 5.74) is 3.91. The Labute approximate surface area is 247 Å². The average molecular weight is 582 g/mol. The molecule has 3 aromatic heterocycles. The molecule has 2 unspecified atom stereocenters. The number of aromatic nitrogens is 5. The lowest BCUT2D eigenvalue weighted by molar-refractivity contribution is -0.384. The number of piperidine rings is 1. The summed E-state index contributed by atoms with van der Waals surface area (Å²) in [7, 11) is 7.55. The molecule has 13 nitrogen and oxygen atoms in total. The monoisotopic (exact) mass is 581 g/mol. The van der Waals surface area contributed by atoms with Crippen molar-refractivity contribution in [2.75, 3.05) is 44.5 Å². The van der Waals surface area contributed by atoms with Gasteiger partial charge in [0, 0.05) is 81.1 Å². The summed E-state index contributed by atoms with van der Waals surface area (Å²) in [6.45, 7) is 3.72. The van der Waals surface area contributed by atoms with Gasteiger partial charge in [0.05, 0.1) is 29.0 Å². The fourth-order valence-electron chi connectivity index (χ4n) is 6.55. The first-order chi connectivity index (χ1) is 20.7. The lowest BCUT2D eigenvalue weighted by atomic mass is 10.1. The molecule has 0 amide bonds. The topological polar surface area (TPSA) is 141 Å². The van der Waals surface area contributed by atoms with Crippen LogP contribution in [0.15, 0.2) is 53.2 Å². The first-order valence-corrected chi connectivity index (χ1v) is 14.0. The van der Waals surface area contributed by atoms with E-state index < -0.39 is 0 Å². The van der Waals surface area contributed by atoms with E-state index in [1.54, 1.807) is 26.3 Å². The number of anilines is 3. The summed E-state index contributed by atoms with van der Waals surface area (Å²) < 4.78 is 13.5. The van der Waals surface area contributed by atoms with Crippen LogP contribution in [0.1, 0.15) is 5.89 Å². The SMILES string of the molecule is COc1cc(N(C)C2C3CN(C)C[C@@H]32)c([N+](=O)[O-])cc1Nc1ncc(-c2nnc(C)o2)c(-c2cn(C)c3ccccc23)n1. The van der Waals surface area contributed by atoms with Gasteiger partial charge >= 0.3 is 0 Å². The number of fused-ring (bicyclic) bond motifs is 2. The summed E-state index contributed by atoms with van der Waals surface area (Å²) in [6, 6.07) is 11.5. The number of hydrogen-bond acceptors (Lipinski definition) is 11. The van der Waals surface area contributed by atoms with Crippen LogP contribution in [0.5, 0.6) is 5.75 Å². The molecule has 0 radical (unpaired) electrons. The number of methoxy groups -OCH3 is 1. The maximum absolute atomic E-state index is 12.3. The number of nitro groups is 1. The van der Waals surface area contributed by atoms with Gasteiger partial charge < -0.3 is 28.8 Å². The van der Waals surface area contributed by atoms with Gasteiger partial charge in [-0.1, -0.05) is 18.2 Å². The minimum Gasteiger partial charge on any atom is -0.494 e. The van der Waals surface area contributed by atoms with Gasteiger partial charge in [-0.2, -0.15) is 0 Å². The van der Waals surface area contributed by atoms with Gasteiger partial charge in [0.25, 0.3) is 11.6 Å². The van der Waals surface area contributed by atoms with Crippen molar-refractivity contribution in [2.24, 2.45) is 18.9 Å². The van der Waals surface area contributed by atoms with E-state index in [2.05, 4.69) is 32.4 Å². The van der Waals surface area contributed by atoms with Gasteiger partial charge in [0.1, 0.15) is 11.4 Å². The fourth-order valence-corrected chi connectivity index (χ4v) is 6.55. The molecule has 5 aromatic rings. The highest BCUT2D eigenvalue weighted by Crippen LogP contribution is 2.51. The number of benzene rings is 2. The summed E-state index contributed by atoms with van der Waals surface area (Å²) in [5.74, 6) is 2.42. The van der Waals surface area contributed by atoms with E-state index in [0.29, 0.717) is 52.0 Å². The Morgan fingerprint density at radius 1 is 1.14 bits per heavy atom. The highest BCUT2D eigenvalue weighted by atomic mass is 16.6. The Balaban J connectivity index is 1.29. The molecule has 220 valence electrons.